The second kappa shape index (κ2) is 54.0. The average molecular weight is 970 g/mol. The van der Waals surface area contributed by atoms with Crippen LogP contribution in [0.4, 0.5) is 0 Å². The van der Waals surface area contributed by atoms with Crippen LogP contribution in [-0.4, -0.2) is 211 Å². The Morgan fingerprint density at radius 2 is 0.627 bits per heavy atom. The number of amides is 2. The molecule has 67 heavy (non-hydrogen) atoms. The lowest BCUT2D eigenvalue weighted by atomic mass is 10.1. The zero-order chi connectivity index (χ0) is 48.8. The van der Waals surface area contributed by atoms with E-state index in [0.717, 1.165) is 38.5 Å². The van der Waals surface area contributed by atoms with Gasteiger partial charge >= 0.3 is 11.9 Å². The Hall–Kier alpha value is -2.93. The molecule has 21 heteroatoms. The number of ether oxygens (including phenoxy) is 12. The summed E-state index contributed by atoms with van der Waals surface area (Å²) in [4.78, 5) is 55.6. The van der Waals surface area contributed by atoms with Crippen molar-refractivity contribution >= 4 is 30.0 Å². The van der Waals surface area contributed by atoms with Crippen molar-refractivity contribution in [3.8, 4) is 0 Å². The number of unbranched alkanes of at least 4 members (excludes halogenated alkanes) is 9. The highest BCUT2D eigenvalue weighted by molar-refractivity contribution is 5.80. The molecule has 1 atom stereocenters. The molecule has 0 saturated heterocycles. The summed E-state index contributed by atoms with van der Waals surface area (Å²) in [5, 5.41) is 22.6. The zero-order valence-corrected chi connectivity index (χ0v) is 40.2. The monoisotopic (exact) mass is 970 g/mol. The molecule has 0 aliphatic heterocycles. The lowest BCUT2D eigenvalue weighted by molar-refractivity contribution is -0.138. The molecule has 0 fully saturated rings. The third kappa shape index (κ3) is 55.6. The Balaban J connectivity index is 3.19. The summed E-state index contributed by atoms with van der Waals surface area (Å²) in [6, 6.07) is -0.943. The molecule has 0 aromatic carbocycles. The maximum Gasteiger partial charge on any atom is 0.303 e. The molecular weight excluding hydrogens is 885 g/mol. The van der Waals surface area contributed by atoms with Gasteiger partial charge in [-0.2, -0.15) is 0 Å². The van der Waals surface area contributed by atoms with Gasteiger partial charge in [0, 0.05) is 32.2 Å². The molecule has 0 aromatic heterocycles. The maximum absolute atomic E-state index is 12.0. The number of hydrogen-bond acceptors (Lipinski definition) is 17. The summed E-state index contributed by atoms with van der Waals surface area (Å²) in [6.45, 7) is 10.8. The summed E-state index contributed by atoms with van der Waals surface area (Å²) in [7, 11) is 0. The average Bonchev–Trinajstić information content (AvgIpc) is 3.31. The van der Waals surface area contributed by atoms with Crippen molar-refractivity contribution in [3.05, 3.63) is 0 Å². The second-order valence-corrected chi connectivity index (χ2v) is 15.0. The smallest absolute Gasteiger partial charge is 0.303 e. The predicted molar refractivity (Wildman–Crippen MR) is 245 cm³/mol. The van der Waals surface area contributed by atoms with E-state index >= 15 is 0 Å². The van der Waals surface area contributed by atoms with E-state index in [1.807, 2.05) is 0 Å². The molecule has 393 valence electrons. The fourth-order valence-corrected chi connectivity index (χ4v) is 5.71. The number of aliphatic carboxylic acids is 2. The molecule has 0 heterocycles. The molecule has 0 aliphatic carbocycles. The number of hydrogen-bond donors (Lipinski definition) is 4. The van der Waals surface area contributed by atoms with Crippen molar-refractivity contribution in [1.29, 1.82) is 0 Å². The van der Waals surface area contributed by atoms with Gasteiger partial charge in [-0.05, 0) is 19.3 Å². The first kappa shape index (κ1) is 64.1. The van der Waals surface area contributed by atoms with Crippen LogP contribution >= 0.6 is 0 Å². The van der Waals surface area contributed by atoms with E-state index in [1.165, 1.54) is 25.7 Å². The fraction of sp³-hybridized carbons (Fsp3) is 0.891. The first-order valence-corrected chi connectivity index (χ1v) is 24.1. The Bertz CT molecular complexity index is 1130. The van der Waals surface area contributed by atoms with Crippen molar-refractivity contribution < 1.29 is 91.0 Å². The Morgan fingerprint density at radius 3 is 0.940 bits per heavy atom. The van der Waals surface area contributed by atoms with E-state index in [-0.39, 0.29) is 38.2 Å². The molecule has 2 amide bonds. The lowest BCUT2D eigenvalue weighted by Gasteiger charge is -2.11. The Labute approximate surface area is 398 Å². The van der Waals surface area contributed by atoms with Gasteiger partial charge in [-0.25, -0.2) is 0 Å². The predicted octanol–water partition coefficient (Wildman–Crippen LogP) is 2.92. The molecule has 0 aromatic rings. The molecule has 1 radical (unpaired) electrons. The largest absolute Gasteiger partial charge is 0.481 e. The highest BCUT2D eigenvalue weighted by Crippen LogP contribution is 2.12. The van der Waals surface area contributed by atoms with Crippen LogP contribution in [0.5, 0.6) is 0 Å². The highest BCUT2D eigenvalue weighted by atomic mass is 16.6. The Morgan fingerprint density at radius 1 is 0.343 bits per heavy atom. The second-order valence-electron chi connectivity index (χ2n) is 15.0. The van der Waals surface area contributed by atoms with E-state index in [0.29, 0.717) is 165 Å². The number of rotatable bonds is 57. The van der Waals surface area contributed by atoms with E-state index in [4.69, 9.17) is 67.1 Å². The molecule has 0 unspecified atom stereocenters. The van der Waals surface area contributed by atoms with E-state index < -0.39 is 23.9 Å². The highest BCUT2D eigenvalue weighted by Gasteiger charge is 2.14. The van der Waals surface area contributed by atoms with Crippen LogP contribution < -0.4 is 10.6 Å². The lowest BCUT2D eigenvalue weighted by Crippen LogP contribution is -2.36. The van der Waals surface area contributed by atoms with Gasteiger partial charge in [0.2, 0.25) is 18.1 Å². The van der Waals surface area contributed by atoms with E-state index in [1.54, 1.807) is 6.29 Å². The van der Waals surface area contributed by atoms with Crippen LogP contribution in [0.1, 0.15) is 96.3 Å². The van der Waals surface area contributed by atoms with Gasteiger partial charge in [0.1, 0.15) is 0 Å². The first-order valence-electron chi connectivity index (χ1n) is 24.1. The van der Waals surface area contributed by atoms with Crippen LogP contribution in [0.3, 0.4) is 0 Å². The van der Waals surface area contributed by atoms with E-state index in [9.17, 15) is 24.0 Å². The summed E-state index contributed by atoms with van der Waals surface area (Å²) in [5.41, 5.74) is 0. The van der Waals surface area contributed by atoms with Crippen LogP contribution in [0, 0.1) is 0 Å². The third-order valence-electron chi connectivity index (χ3n) is 9.30. The maximum atomic E-state index is 12.0. The normalized spacial score (nSPS) is 11.8. The van der Waals surface area contributed by atoms with Crippen molar-refractivity contribution in [1.82, 2.24) is 10.6 Å². The van der Waals surface area contributed by atoms with Gasteiger partial charge in [0.25, 0.3) is 0 Å². The number of carboxylic acid groups (broad SMARTS) is 2. The summed E-state index contributed by atoms with van der Waals surface area (Å²) in [5.74, 6) is -2.10. The molecule has 21 nitrogen and oxygen atoms in total. The SMILES string of the molecule is O=[C][C@H](CCC(=O)O)NC(=O)CCOCCOCCOCCOCCOCCOCCOCCOCCOCCOCCOCCOCCNC(=O)CCCCCCCCCCCCC(=O)O. The van der Waals surface area contributed by atoms with Gasteiger partial charge in [-0.15, -0.1) is 0 Å². The van der Waals surface area contributed by atoms with Gasteiger partial charge in [-0.1, -0.05) is 51.4 Å². The van der Waals surface area contributed by atoms with Crippen molar-refractivity contribution in [3.63, 3.8) is 0 Å². The van der Waals surface area contributed by atoms with Crippen LogP contribution in [0.25, 0.3) is 0 Å². The molecule has 0 saturated carbocycles. The third-order valence-corrected chi connectivity index (χ3v) is 9.30. The molecule has 4 N–H and O–H groups in total. The zero-order valence-electron chi connectivity index (χ0n) is 40.2. The van der Waals surface area contributed by atoms with Crippen LogP contribution in [0.15, 0.2) is 0 Å². The van der Waals surface area contributed by atoms with Gasteiger partial charge in [0.05, 0.1) is 165 Å². The standard InChI is InChI=1S/C46H85N2O19/c49-41-42(13-14-46(54)55)48-44(51)15-17-56-19-21-58-23-25-60-27-29-62-31-33-64-35-37-66-39-40-67-38-36-65-34-32-63-30-28-61-26-24-59-22-20-57-18-16-47-43(50)11-9-7-5-3-1-2-4-6-8-10-12-45(52)53/h42H,1-40H2,(H,47,50)(H,48,51)(H,52,53)(H,54,55)/t42-/m0/s1. The molecule has 0 aliphatic rings. The minimum Gasteiger partial charge on any atom is -0.481 e. The van der Waals surface area contributed by atoms with Gasteiger partial charge in [-0.3, -0.25) is 24.0 Å². The van der Waals surface area contributed by atoms with Crippen LogP contribution in [0.2, 0.25) is 0 Å². The number of carboxylic acids is 2. The summed E-state index contributed by atoms with van der Waals surface area (Å²) < 4.78 is 65.6. The number of carbonyl (C=O) groups is 4. The minimum atomic E-state index is -1.05. The van der Waals surface area contributed by atoms with Crippen LogP contribution in [-0.2, 0) is 80.8 Å². The topological polar surface area (TPSA) is 261 Å². The number of carbonyl (C=O) groups excluding carboxylic acids is 3. The van der Waals surface area contributed by atoms with Gasteiger partial charge < -0.3 is 77.7 Å². The molecule has 0 bridgehead atoms. The molecule has 0 rings (SSSR count). The van der Waals surface area contributed by atoms with Gasteiger partial charge in [0.15, 0.2) is 0 Å². The van der Waals surface area contributed by atoms with Crippen molar-refractivity contribution in [2.45, 2.75) is 102 Å². The minimum absolute atomic E-state index is 0.00702. The van der Waals surface area contributed by atoms with Crippen molar-refractivity contribution in [2.24, 2.45) is 0 Å². The fourth-order valence-electron chi connectivity index (χ4n) is 5.71. The Kier molecular flexibility index (Phi) is 51.7. The van der Waals surface area contributed by atoms with Crippen molar-refractivity contribution in [2.75, 3.05) is 165 Å². The number of nitrogens with one attached hydrogen (secondary N) is 2. The van der Waals surface area contributed by atoms with E-state index in [2.05, 4.69) is 10.6 Å². The molecular formula is C46H85N2O19. The quantitative estimate of drug-likeness (QED) is 0.0639. The summed E-state index contributed by atoms with van der Waals surface area (Å²) >= 11 is 0. The summed E-state index contributed by atoms with van der Waals surface area (Å²) in [6.07, 6.45) is 13.0. The molecule has 0 spiro atoms. The first-order chi connectivity index (χ1) is 32.8.